The van der Waals surface area contributed by atoms with Crippen LogP contribution < -0.4 is 5.32 Å². The highest BCUT2D eigenvalue weighted by molar-refractivity contribution is 5.81. The second-order valence-electron chi connectivity index (χ2n) is 5.93. The van der Waals surface area contributed by atoms with Crippen LogP contribution >= 0.6 is 0 Å². The van der Waals surface area contributed by atoms with E-state index < -0.39 is 23.7 Å². The van der Waals surface area contributed by atoms with Crippen LogP contribution in [0, 0.1) is 0 Å². The van der Waals surface area contributed by atoms with Crippen LogP contribution in [0.4, 0.5) is 4.79 Å². The number of rotatable bonds is 8. The fourth-order valence-electron chi connectivity index (χ4n) is 1.63. The van der Waals surface area contributed by atoms with Gasteiger partial charge in [-0.3, -0.25) is 4.79 Å². The molecule has 0 saturated heterocycles. The van der Waals surface area contributed by atoms with Gasteiger partial charge in [-0.05, 0) is 40.0 Å². The molecule has 7 nitrogen and oxygen atoms in total. The molecule has 0 aromatic rings. The Morgan fingerprint density at radius 1 is 1.17 bits per heavy atom. The van der Waals surface area contributed by atoms with Crippen LogP contribution in [0.1, 0.15) is 47.0 Å². The zero-order valence-electron chi connectivity index (χ0n) is 14.5. The first-order valence-corrected chi connectivity index (χ1v) is 7.51. The van der Waals surface area contributed by atoms with Gasteiger partial charge in [0.2, 0.25) is 0 Å². The molecule has 23 heavy (non-hydrogen) atoms. The Kier molecular flexibility index (Phi) is 9.69. The van der Waals surface area contributed by atoms with E-state index in [2.05, 4.69) is 10.1 Å². The molecule has 0 aliphatic carbocycles. The molecule has 1 atom stereocenters. The predicted octanol–water partition coefficient (Wildman–Crippen LogP) is 2.34. The molecule has 0 fully saturated rings. The lowest BCUT2D eigenvalue weighted by Gasteiger charge is -2.22. The number of methoxy groups -OCH3 is 1. The molecule has 1 N–H and O–H groups in total. The number of carbonyl (C=O) groups excluding carboxylic acids is 3. The molecular weight excluding hydrogens is 302 g/mol. The van der Waals surface area contributed by atoms with E-state index in [-0.39, 0.29) is 12.6 Å². The van der Waals surface area contributed by atoms with Gasteiger partial charge < -0.3 is 19.5 Å². The minimum Gasteiger partial charge on any atom is -0.467 e. The van der Waals surface area contributed by atoms with Crippen LogP contribution in [-0.4, -0.2) is 43.4 Å². The van der Waals surface area contributed by atoms with Crippen molar-refractivity contribution in [3.05, 3.63) is 12.2 Å². The van der Waals surface area contributed by atoms with Gasteiger partial charge in [0.15, 0.2) is 0 Å². The van der Waals surface area contributed by atoms with Crippen molar-refractivity contribution >= 4 is 18.0 Å². The smallest absolute Gasteiger partial charge is 0.408 e. The number of hydrogen-bond donors (Lipinski definition) is 1. The number of nitrogens with one attached hydrogen (secondary N) is 1. The van der Waals surface area contributed by atoms with Gasteiger partial charge in [0, 0.05) is 6.92 Å². The van der Waals surface area contributed by atoms with Crippen LogP contribution in [0.25, 0.3) is 0 Å². The monoisotopic (exact) mass is 329 g/mol. The average Bonchev–Trinajstić information content (AvgIpc) is 2.41. The van der Waals surface area contributed by atoms with E-state index in [4.69, 9.17) is 9.47 Å². The maximum absolute atomic E-state index is 11.7. The van der Waals surface area contributed by atoms with Gasteiger partial charge >= 0.3 is 18.0 Å². The number of carbonyl (C=O) groups is 3. The zero-order chi connectivity index (χ0) is 17.9. The van der Waals surface area contributed by atoms with E-state index >= 15 is 0 Å². The Labute approximate surface area is 137 Å². The number of alkyl carbamates (subject to hydrolysis) is 1. The Morgan fingerprint density at radius 3 is 2.35 bits per heavy atom. The summed E-state index contributed by atoms with van der Waals surface area (Å²) in [4.78, 5) is 34.0. The standard InChI is InChI=1S/C16H27NO6/c1-12(18)22-11-9-7-6-8-10-13(14(19)21-5)17-15(20)23-16(2,3)4/h7,9,13H,6,8,10-11H2,1-5H3,(H,17,20)/b9-7-/t13-/m0/s1. The number of amides is 1. The SMILES string of the molecule is COC(=O)[C@H](CCC/C=C\COC(C)=O)NC(=O)OC(C)(C)C. The number of hydrogen-bond acceptors (Lipinski definition) is 6. The first-order chi connectivity index (χ1) is 10.7. The summed E-state index contributed by atoms with van der Waals surface area (Å²) in [6, 6.07) is -0.753. The molecule has 1 amide bonds. The number of allylic oxidation sites excluding steroid dienone is 1. The van der Waals surface area contributed by atoms with E-state index in [0.717, 1.165) is 0 Å². The summed E-state index contributed by atoms with van der Waals surface area (Å²) in [5.74, 6) is -0.846. The molecule has 0 aliphatic rings. The van der Waals surface area contributed by atoms with Crippen molar-refractivity contribution in [2.45, 2.75) is 58.6 Å². The van der Waals surface area contributed by atoms with E-state index in [1.807, 2.05) is 6.08 Å². The van der Waals surface area contributed by atoms with Crippen molar-refractivity contribution in [2.75, 3.05) is 13.7 Å². The maximum atomic E-state index is 11.7. The van der Waals surface area contributed by atoms with Gasteiger partial charge in [-0.1, -0.05) is 12.2 Å². The molecule has 0 unspecified atom stereocenters. The van der Waals surface area contributed by atoms with Gasteiger partial charge in [0.25, 0.3) is 0 Å². The third-order valence-corrected chi connectivity index (χ3v) is 2.59. The van der Waals surface area contributed by atoms with Gasteiger partial charge in [-0.25, -0.2) is 9.59 Å². The highest BCUT2D eigenvalue weighted by atomic mass is 16.6. The third kappa shape index (κ3) is 12.2. The lowest BCUT2D eigenvalue weighted by molar-refractivity contribution is -0.143. The summed E-state index contributed by atoms with van der Waals surface area (Å²) in [5.41, 5.74) is -0.635. The molecular formula is C16H27NO6. The summed E-state index contributed by atoms with van der Waals surface area (Å²) in [6.07, 6.45) is 4.69. The van der Waals surface area contributed by atoms with Gasteiger partial charge in [0.05, 0.1) is 7.11 Å². The molecule has 0 radical (unpaired) electrons. The summed E-state index contributed by atoms with van der Waals surface area (Å²) in [5, 5.41) is 2.51. The lowest BCUT2D eigenvalue weighted by atomic mass is 10.1. The van der Waals surface area contributed by atoms with Crippen molar-refractivity contribution in [3.8, 4) is 0 Å². The molecule has 0 bridgehead atoms. The number of esters is 2. The van der Waals surface area contributed by atoms with E-state index in [0.29, 0.717) is 19.3 Å². The molecule has 0 aliphatic heterocycles. The van der Waals surface area contributed by atoms with Crippen LogP contribution in [0.5, 0.6) is 0 Å². The molecule has 0 heterocycles. The Bertz CT molecular complexity index is 425. The van der Waals surface area contributed by atoms with E-state index in [1.54, 1.807) is 26.8 Å². The first-order valence-electron chi connectivity index (χ1n) is 7.51. The van der Waals surface area contributed by atoms with Crippen LogP contribution in [0.3, 0.4) is 0 Å². The van der Waals surface area contributed by atoms with Gasteiger partial charge in [-0.15, -0.1) is 0 Å². The van der Waals surface area contributed by atoms with E-state index in [1.165, 1.54) is 14.0 Å². The lowest BCUT2D eigenvalue weighted by Crippen LogP contribution is -2.44. The number of ether oxygens (including phenoxy) is 3. The highest BCUT2D eigenvalue weighted by Gasteiger charge is 2.24. The first kappa shape index (κ1) is 20.9. The molecule has 0 spiro atoms. The summed E-state index contributed by atoms with van der Waals surface area (Å²) in [6.45, 7) is 6.80. The van der Waals surface area contributed by atoms with Crippen LogP contribution in [-0.2, 0) is 23.8 Å². The molecule has 0 aromatic heterocycles. The molecule has 132 valence electrons. The number of unbranched alkanes of at least 4 members (excludes halogenated alkanes) is 1. The molecule has 0 saturated carbocycles. The van der Waals surface area contributed by atoms with Crippen molar-refractivity contribution in [1.82, 2.24) is 5.32 Å². The van der Waals surface area contributed by atoms with Crippen LogP contribution in [0.2, 0.25) is 0 Å². The van der Waals surface area contributed by atoms with Crippen molar-refractivity contribution < 1.29 is 28.6 Å². The quantitative estimate of drug-likeness (QED) is 0.318. The van der Waals surface area contributed by atoms with Crippen molar-refractivity contribution in [3.63, 3.8) is 0 Å². The van der Waals surface area contributed by atoms with Crippen molar-refractivity contribution in [1.29, 1.82) is 0 Å². The topological polar surface area (TPSA) is 90.9 Å². The summed E-state index contributed by atoms with van der Waals surface area (Å²) < 4.78 is 14.6. The summed E-state index contributed by atoms with van der Waals surface area (Å²) in [7, 11) is 1.27. The van der Waals surface area contributed by atoms with E-state index in [9.17, 15) is 14.4 Å². The minimum absolute atomic E-state index is 0.228. The zero-order valence-corrected chi connectivity index (χ0v) is 14.5. The van der Waals surface area contributed by atoms with Gasteiger partial charge in [0.1, 0.15) is 18.2 Å². The second-order valence-corrected chi connectivity index (χ2v) is 5.93. The highest BCUT2D eigenvalue weighted by Crippen LogP contribution is 2.09. The minimum atomic E-state index is -0.753. The Hall–Kier alpha value is -2.05. The Morgan fingerprint density at radius 2 is 1.83 bits per heavy atom. The third-order valence-electron chi connectivity index (χ3n) is 2.59. The van der Waals surface area contributed by atoms with Crippen LogP contribution in [0.15, 0.2) is 12.2 Å². The Balaban J connectivity index is 4.23. The normalized spacial score (nSPS) is 12.6. The fraction of sp³-hybridized carbons (Fsp3) is 0.688. The molecule has 7 heteroatoms. The second kappa shape index (κ2) is 10.6. The predicted molar refractivity (Wildman–Crippen MR) is 84.8 cm³/mol. The molecule has 0 rings (SSSR count). The van der Waals surface area contributed by atoms with Gasteiger partial charge in [-0.2, -0.15) is 0 Å². The maximum Gasteiger partial charge on any atom is 0.408 e. The molecule has 0 aromatic carbocycles. The largest absolute Gasteiger partial charge is 0.467 e. The van der Waals surface area contributed by atoms with Crippen molar-refractivity contribution in [2.24, 2.45) is 0 Å². The average molecular weight is 329 g/mol. The summed E-state index contributed by atoms with van der Waals surface area (Å²) >= 11 is 0. The fourth-order valence-corrected chi connectivity index (χ4v) is 1.63.